The summed E-state index contributed by atoms with van der Waals surface area (Å²) in [7, 11) is -3.79. The van der Waals surface area contributed by atoms with Gasteiger partial charge < -0.3 is 10.5 Å². The van der Waals surface area contributed by atoms with E-state index < -0.39 is 15.9 Å². The van der Waals surface area contributed by atoms with Gasteiger partial charge in [0.2, 0.25) is 0 Å². The van der Waals surface area contributed by atoms with Crippen molar-refractivity contribution in [3.8, 4) is 0 Å². The van der Waals surface area contributed by atoms with Gasteiger partial charge in [-0.05, 0) is 36.2 Å². The van der Waals surface area contributed by atoms with Crippen LogP contribution in [-0.2, 0) is 10.0 Å². The molecule has 0 aliphatic rings. The number of anilines is 1. The summed E-state index contributed by atoms with van der Waals surface area (Å²) in [6.45, 7) is 0. The Bertz CT molecular complexity index is 742. The zero-order chi connectivity index (χ0) is 14.8. The van der Waals surface area contributed by atoms with Crippen molar-refractivity contribution in [3.63, 3.8) is 0 Å². The number of sulfonamides is 1. The van der Waals surface area contributed by atoms with Crippen molar-refractivity contribution in [2.24, 2.45) is 0 Å². The fourth-order valence-electron chi connectivity index (χ4n) is 1.59. The van der Waals surface area contributed by atoms with Crippen LogP contribution in [0.2, 0.25) is 0 Å². The Morgan fingerprint density at radius 1 is 1.10 bits per heavy atom. The maximum atomic E-state index is 12.2. The highest BCUT2D eigenvalue weighted by molar-refractivity contribution is 9.10. The molecular formula is C13H10BrN2O3S-. The van der Waals surface area contributed by atoms with Gasteiger partial charge in [-0.15, -0.1) is 0 Å². The van der Waals surface area contributed by atoms with Crippen LogP contribution in [0.3, 0.4) is 0 Å². The second kappa shape index (κ2) is 5.64. The minimum Gasteiger partial charge on any atom is -0.859 e. The SMILES string of the molecule is N=C([O-])c1ccccc1NS(=O)(=O)c1ccc(Br)cc1. The lowest BCUT2D eigenvalue weighted by molar-refractivity contribution is -0.214. The molecule has 2 aromatic rings. The Hall–Kier alpha value is -1.86. The molecule has 0 atom stereocenters. The lowest BCUT2D eigenvalue weighted by Crippen LogP contribution is -2.21. The predicted molar refractivity (Wildman–Crippen MR) is 78.2 cm³/mol. The molecule has 0 fully saturated rings. The van der Waals surface area contributed by atoms with Crippen LogP contribution < -0.4 is 9.83 Å². The zero-order valence-corrected chi connectivity index (χ0v) is 12.5. The largest absolute Gasteiger partial charge is 0.859 e. The van der Waals surface area contributed by atoms with E-state index in [0.29, 0.717) is 0 Å². The molecule has 0 saturated heterocycles. The first-order valence-electron chi connectivity index (χ1n) is 5.53. The minimum atomic E-state index is -3.79. The van der Waals surface area contributed by atoms with Crippen LogP contribution in [0.4, 0.5) is 5.69 Å². The summed E-state index contributed by atoms with van der Waals surface area (Å²) >= 11 is 3.23. The van der Waals surface area contributed by atoms with Gasteiger partial charge in [0.25, 0.3) is 10.0 Å². The summed E-state index contributed by atoms with van der Waals surface area (Å²) in [4.78, 5) is 0.0768. The quantitative estimate of drug-likeness (QED) is 0.649. The lowest BCUT2D eigenvalue weighted by Gasteiger charge is -2.15. The van der Waals surface area contributed by atoms with Gasteiger partial charge in [-0.3, -0.25) is 4.72 Å². The van der Waals surface area contributed by atoms with E-state index in [9.17, 15) is 13.5 Å². The highest BCUT2D eigenvalue weighted by Gasteiger charge is 2.15. The monoisotopic (exact) mass is 353 g/mol. The van der Waals surface area contributed by atoms with E-state index in [4.69, 9.17) is 5.41 Å². The van der Waals surface area contributed by atoms with E-state index in [1.807, 2.05) is 0 Å². The Labute approximate surface area is 125 Å². The third-order valence-corrected chi connectivity index (χ3v) is 4.45. The average Bonchev–Trinajstić information content (AvgIpc) is 2.39. The number of halogens is 1. The summed E-state index contributed by atoms with van der Waals surface area (Å²) in [5, 5.41) is 18.3. The summed E-state index contributed by atoms with van der Waals surface area (Å²) in [6.07, 6.45) is 0. The van der Waals surface area contributed by atoms with Crippen LogP contribution >= 0.6 is 15.9 Å². The van der Waals surface area contributed by atoms with Crippen molar-refractivity contribution in [3.05, 3.63) is 58.6 Å². The molecule has 0 bridgehead atoms. The van der Waals surface area contributed by atoms with Gasteiger partial charge in [0.05, 0.1) is 10.6 Å². The van der Waals surface area contributed by atoms with Gasteiger partial charge in [0.1, 0.15) is 0 Å². The summed E-state index contributed by atoms with van der Waals surface area (Å²) in [5.41, 5.74) is 0.101. The highest BCUT2D eigenvalue weighted by Crippen LogP contribution is 2.21. The first kappa shape index (κ1) is 14.5. The molecule has 2 rings (SSSR count). The molecule has 0 aromatic heterocycles. The molecule has 20 heavy (non-hydrogen) atoms. The zero-order valence-electron chi connectivity index (χ0n) is 10.1. The topological polar surface area (TPSA) is 93.1 Å². The molecule has 104 valence electrons. The molecule has 2 N–H and O–H groups in total. The standard InChI is InChI=1S/C13H11BrN2O3S/c14-9-5-7-10(8-6-9)20(18,19)16-12-4-2-1-3-11(12)13(15)17/h1-8,16H,(H2,15,17)/p-1. The van der Waals surface area contributed by atoms with Crippen LogP contribution in [0, 0.1) is 5.41 Å². The van der Waals surface area contributed by atoms with Gasteiger partial charge in [-0.1, -0.05) is 34.1 Å². The van der Waals surface area contributed by atoms with Gasteiger partial charge in [0.15, 0.2) is 0 Å². The van der Waals surface area contributed by atoms with E-state index in [1.54, 1.807) is 24.3 Å². The third-order valence-electron chi connectivity index (χ3n) is 2.54. The Kier molecular flexibility index (Phi) is 4.10. The third kappa shape index (κ3) is 3.17. The molecule has 5 nitrogen and oxygen atoms in total. The first-order chi connectivity index (χ1) is 9.40. The summed E-state index contributed by atoms with van der Waals surface area (Å²) in [5.74, 6) is -0.945. The fourth-order valence-corrected chi connectivity index (χ4v) is 2.93. The lowest BCUT2D eigenvalue weighted by atomic mass is 10.2. The fraction of sp³-hybridized carbons (Fsp3) is 0. The molecule has 0 heterocycles. The van der Waals surface area contributed by atoms with Crippen LogP contribution in [0.1, 0.15) is 5.56 Å². The molecule has 0 spiro atoms. The van der Waals surface area contributed by atoms with E-state index >= 15 is 0 Å². The Morgan fingerprint density at radius 3 is 2.30 bits per heavy atom. The normalized spacial score (nSPS) is 11.1. The number of benzene rings is 2. The van der Waals surface area contributed by atoms with Crippen molar-refractivity contribution < 1.29 is 13.5 Å². The number of nitrogens with one attached hydrogen (secondary N) is 2. The molecule has 2 aromatic carbocycles. The second-order valence-corrected chi connectivity index (χ2v) is 6.53. The van der Waals surface area contributed by atoms with Crippen molar-refractivity contribution in [1.29, 1.82) is 5.41 Å². The van der Waals surface area contributed by atoms with E-state index in [2.05, 4.69) is 20.7 Å². The molecular weight excluding hydrogens is 344 g/mol. The van der Waals surface area contributed by atoms with Gasteiger partial charge in [-0.2, -0.15) is 0 Å². The van der Waals surface area contributed by atoms with Crippen LogP contribution in [0.5, 0.6) is 0 Å². The van der Waals surface area contributed by atoms with Crippen molar-refractivity contribution in [1.82, 2.24) is 0 Å². The minimum absolute atomic E-state index is 0.00758. The Morgan fingerprint density at radius 2 is 1.70 bits per heavy atom. The number of rotatable bonds is 4. The van der Waals surface area contributed by atoms with Crippen molar-refractivity contribution >= 4 is 37.5 Å². The maximum Gasteiger partial charge on any atom is 0.261 e. The van der Waals surface area contributed by atoms with Gasteiger partial charge in [-0.25, -0.2) is 8.42 Å². The Balaban J connectivity index is 2.38. The van der Waals surface area contributed by atoms with Gasteiger partial charge in [0, 0.05) is 10.0 Å². The number of para-hydroxylation sites is 1. The van der Waals surface area contributed by atoms with Crippen LogP contribution in [-0.4, -0.2) is 14.3 Å². The molecule has 0 amide bonds. The number of hydrogen-bond acceptors (Lipinski definition) is 4. The van der Waals surface area contributed by atoms with E-state index in [0.717, 1.165) is 4.47 Å². The molecule has 0 aliphatic heterocycles. The average molecular weight is 354 g/mol. The number of hydrogen-bond donors (Lipinski definition) is 2. The molecule has 0 unspecified atom stereocenters. The van der Waals surface area contributed by atoms with E-state index in [1.165, 1.54) is 24.3 Å². The molecule has 0 saturated carbocycles. The summed E-state index contributed by atoms with van der Waals surface area (Å²) in [6, 6.07) is 12.1. The van der Waals surface area contributed by atoms with Crippen molar-refractivity contribution in [2.75, 3.05) is 4.72 Å². The second-order valence-electron chi connectivity index (χ2n) is 3.93. The highest BCUT2D eigenvalue weighted by atomic mass is 79.9. The van der Waals surface area contributed by atoms with Crippen LogP contribution in [0.25, 0.3) is 0 Å². The molecule has 0 aliphatic carbocycles. The van der Waals surface area contributed by atoms with Crippen molar-refractivity contribution in [2.45, 2.75) is 4.90 Å². The maximum absolute atomic E-state index is 12.2. The smallest absolute Gasteiger partial charge is 0.261 e. The van der Waals surface area contributed by atoms with Gasteiger partial charge >= 0.3 is 0 Å². The van der Waals surface area contributed by atoms with Crippen LogP contribution in [0.15, 0.2) is 57.9 Å². The first-order valence-corrected chi connectivity index (χ1v) is 7.81. The predicted octanol–water partition coefficient (Wildman–Crippen LogP) is 1.94. The van der Waals surface area contributed by atoms with E-state index in [-0.39, 0.29) is 16.1 Å². The summed E-state index contributed by atoms with van der Waals surface area (Å²) < 4.78 is 27.5. The molecule has 0 radical (unpaired) electrons. The molecule has 7 heteroatoms.